The van der Waals surface area contributed by atoms with Crippen molar-refractivity contribution in [2.24, 2.45) is 4.99 Å². The number of amides is 1. The SMILES string of the molecule is CCOC(=O)N1CCC(NC(=NC)NCCc2ccccc2OC)CC1.I. The van der Waals surface area contributed by atoms with Gasteiger partial charge in [-0.25, -0.2) is 4.79 Å². The molecule has 1 saturated heterocycles. The van der Waals surface area contributed by atoms with Gasteiger partial charge in [-0.1, -0.05) is 18.2 Å². The molecule has 8 heteroatoms. The fraction of sp³-hybridized carbons (Fsp3) is 0.579. The largest absolute Gasteiger partial charge is 0.496 e. The Balaban J connectivity index is 0.00000364. The summed E-state index contributed by atoms with van der Waals surface area (Å²) in [5, 5.41) is 6.79. The number of guanidine groups is 1. The summed E-state index contributed by atoms with van der Waals surface area (Å²) in [6, 6.07) is 8.33. The highest BCUT2D eigenvalue weighted by atomic mass is 127. The van der Waals surface area contributed by atoms with E-state index in [2.05, 4.69) is 21.7 Å². The Morgan fingerprint density at radius 1 is 1.30 bits per heavy atom. The number of nitrogens with one attached hydrogen (secondary N) is 2. The number of nitrogens with zero attached hydrogens (tertiary/aromatic N) is 2. The Morgan fingerprint density at radius 2 is 2.00 bits per heavy atom. The smallest absolute Gasteiger partial charge is 0.409 e. The van der Waals surface area contributed by atoms with E-state index >= 15 is 0 Å². The van der Waals surface area contributed by atoms with Crippen molar-refractivity contribution in [2.45, 2.75) is 32.2 Å². The number of ether oxygens (including phenoxy) is 2. The van der Waals surface area contributed by atoms with Crippen molar-refractivity contribution in [2.75, 3.05) is 40.4 Å². The molecule has 0 bridgehead atoms. The molecule has 0 unspecified atom stereocenters. The second-order valence-corrected chi connectivity index (χ2v) is 6.17. The van der Waals surface area contributed by atoms with E-state index < -0.39 is 0 Å². The van der Waals surface area contributed by atoms with Gasteiger partial charge in [0.2, 0.25) is 0 Å². The number of aliphatic imine (C=N–C) groups is 1. The molecule has 2 rings (SSSR count). The quantitative estimate of drug-likeness (QED) is 0.365. The molecule has 0 aromatic heterocycles. The summed E-state index contributed by atoms with van der Waals surface area (Å²) in [6.45, 7) is 4.41. The summed E-state index contributed by atoms with van der Waals surface area (Å²) in [7, 11) is 3.46. The Morgan fingerprint density at radius 3 is 2.63 bits per heavy atom. The number of likely N-dealkylation sites (tertiary alicyclic amines) is 1. The molecule has 1 amide bonds. The van der Waals surface area contributed by atoms with Gasteiger partial charge in [0.1, 0.15) is 5.75 Å². The van der Waals surface area contributed by atoms with Crippen LogP contribution in [0.15, 0.2) is 29.3 Å². The van der Waals surface area contributed by atoms with Crippen molar-refractivity contribution in [3.05, 3.63) is 29.8 Å². The molecule has 0 radical (unpaired) electrons. The highest BCUT2D eigenvalue weighted by Gasteiger charge is 2.23. The zero-order valence-corrected chi connectivity index (χ0v) is 18.7. The van der Waals surface area contributed by atoms with E-state index in [0.717, 1.165) is 37.5 Å². The van der Waals surface area contributed by atoms with E-state index in [1.807, 2.05) is 25.1 Å². The minimum absolute atomic E-state index is 0. The molecule has 0 saturated carbocycles. The maximum atomic E-state index is 11.7. The van der Waals surface area contributed by atoms with Crippen LogP contribution in [-0.2, 0) is 11.2 Å². The monoisotopic (exact) mass is 490 g/mol. The number of hydrogen-bond acceptors (Lipinski definition) is 4. The fourth-order valence-corrected chi connectivity index (χ4v) is 3.03. The predicted octanol–water partition coefficient (Wildman–Crippen LogP) is 2.64. The summed E-state index contributed by atoms with van der Waals surface area (Å²) in [6.07, 6.45) is 2.40. The number of hydrogen-bond donors (Lipinski definition) is 2. The van der Waals surface area contributed by atoms with Crippen molar-refractivity contribution in [3.63, 3.8) is 0 Å². The first-order valence-corrected chi connectivity index (χ1v) is 9.18. The van der Waals surface area contributed by atoms with Crippen LogP contribution >= 0.6 is 24.0 Å². The molecular weight excluding hydrogens is 459 g/mol. The van der Waals surface area contributed by atoms with E-state index in [-0.39, 0.29) is 30.1 Å². The highest BCUT2D eigenvalue weighted by Crippen LogP contribution is 2.17. The lowest BCUT2D eigenvalue weighted by Crippen LogP contribution is -2.50. The van der Waals surface area contributed by atoms with E-state index in [0.29, 0.717) is 25.7 Å². The Bertz CT molecular complexity index is 604. The molecule has 1 aliphatic rings. The number of benzene rings is 1. The summed E-state index contributed by atoms with van der Waals surface area (Å²) in [5.41, 5.74) is 1.17. The van der Waals surface area contributed by atoms with Crippen LogP contribution in [0.4, 0.5) is 4.79 Å². The first-order chi connectivity index (χ1) is 12.7. The number of carbonyl (C=O) groups is 1. The van der Waals surface area contributed by atoms with Crippen LogP contribution in [-0.4, -0.2) is 63.4 Å². The number of halogens is 1. The lowest BCUT2D eigenvalue weighted by molar-refractivity contribution is 0.0963. The molecule has 1 aromatic carbocycles. The van der Waals surface area contributed by atoms with Gasteiger partial charge in [0, 0.05) is 32.7 Å². The highest BCUT2D eigenvalue weighted by molar-refractivity contribution is 14.0. The minimum Gasteiger partial charge on any atom is -0.496 e. The molecule has 7 nitrogen and oxygen atoms in total. The molecule has 152 valence electrons. The van der Waals surface area contributed by atoms with Gasteiger partial charge >= 0.3 is 6.09 Å². The number of para-hydroxylation sites is 1. The number of carbonyl (C=O) groups excluding carboxylic acids is 1. The Hall–Kier alpha value is -1.71. The van der Waals surface area contributed by atoms with Gasteiger partial charge in [0.25, 0.3) is 0 Å². The number of piperidine rings is 1. The van der Waals surface area contributed by atoms with Crippen LogP contribution in [0.2, 0.25) is 0 Å². The standard InChI is InChI=1S/C19H30N4O3.HI/c1-4-26-19(24)23-13-10-16(11-14-23)22-18(20-2)21-12-9-15-7-5-6-8-17(15)25-3;/h5-8,16H,4,9-14H2,1-3H3,(H2,20,21,22);1H. The zero-order chi connectivity index (χ0) is 18.8. The molecule has 1 aromatic rings. The van der Waals surface area contributed by atoms with Crippen LogP contribution in [0.3, 0.4) is 0 Å². The third-order valence-corrected chi connectivity index (χ3v) is 4.46. The molecule has 1 fully saturated rings. The van der Waals surface area contributed by atoms with E-state index in [1.54, 1.807) is 19.1 Å². The van der Waals surface area contributed by atoms with E-state index in [4.69, 9.17) is 9.47 Å². The van der Waals surface area contributed by atoms with Crippen LogP contribution in [0.5, 0.6) is 5.75 Å². The van der Waals surface area contributed by atoms with Gasteiger partial charge in [-0.2, -0.15) is 0 Å². The van der Waals surface area contributed by atoms with E-state index in [1.165, 1.54) is 5.56 Å². The Kier molecular flexibility index (Phi) is 10.9. The average molecular weight is 490 g/mol. The van der Waals surface area contributed by atoms with Crippen molar-refractivity contribution in [3.8, 4) is 5.75 Å². The first kappa shape index (κ1) is 23.3. The fourth-order valence-electron chi connectivity index (χ4n) is 3.03. The van der Waals surface area contributed by atoms with Crippen LogP contribution in [0.1, 0.15) is 25.3 Å². The van der Waals surface area contributed by atoms with E-state index in [9.17, 15) is 4.79 Å². The van der Waals surface area contributed by atoms with Gasteiger partial charge < -0.3 is 25.0 Å². The first-order valence-electron chi connectivity index (χ1n) is 9.18. The van der Waals surface area contributed by atoms with Gasteiger partial charge in [0.15, 0.2) is 5.96 Å². The van der Waals surface area contributed by atoms with Crippen molar-refractivity contribution in [1.82, 2.24) is 15.5 Å². The maximum Gasteiger partial charge on any atom is 0.409 e. The minimum atomic E-state index is -0.217. The molecule has 0 atom stereocenters. The summed E-state index contributed by atoms with van der Waals surface area (Å²) < 4.78 is 10.4. The van der Waals surface area contributed by atoms with Crippen LogP contribution in [0, 0.1) is 0 Å². The molecule has 2 N–H and O–H groups in total. The number of rotatable bonds is 6. The van der Waals surface area contributed by atoms with Crippen molar-refractivity contribution < 1.29 is 14.3 Å². The average Bonchev–Trinajstić information content (AvgIpc) is 2.68. The molecule has 0 spiro atoms. The number of methoxy groups -OCH3 is 1. The van der Waals surface area contributed by atoms with Gasteiger partial charge in [-0.3, -0.25) is 4.99 Å². The molecule has 0 aliphatic carbocycles. The van der Waals surface area contributed by atoms with Gasteiger partial charge in [0.05, 0.1) is 13.7 Å². The molecule has 27 heavy (non-hydrogen) atoms. The van der Waals surface area contributed by atoms with Crippen LogP contribution < -0.4 is 15.4 Å². The van der Waals surface area contributed by atoms with Gasteiger partial charge in [-0.15, -0.1) is 24.0 Å². The summed E-state index contributed by atoms with van der Waals surface area (Å²) in [4.78, 5) is 17.8. The normalized spacial score (nSPS) is 14.9. The van der Waals surface area contributed by atoms with Gasteiger partial charge in [-0.05, 0) is 37.8 Å². The predicted molar refractivity (Wildman–Crippen MR) is 118 cm³/mol. The Labute approximate surface area is 178 Å². The second-order valence-electron chi connectivity index (χ2n) is 6.17. The maximum absolute atomic E-state index is 11.7. The summed E-state index contributed by atoms with van der Waals surface area (Å²) in [5.74, 6) is 1.69. The van der Waals surface area contributed by atoms with Crippen molar-refractivity contribution in [1.29, 1.82) is 0 Å². The second kappa shape index (κ2) is 12.6. The third kappa shape index (κ3) is 7.43. The molecule has 1 aliphatic heterocycles. The topological polar surface area (TPSA) is 75.2 Å². The third-order valence-electron chi connectivity index (χ3n) is 4.46. The summed E-state index contributed by atoms with van der Waals surface area (Å²) >= 11 is 0. The lowest BCUT2D eigenvalue weighted by atomic mass is 10.1. The zero-order valence-electron chi connectivity index (χ0n) is 16.4. The van der Waals surface area contributed by atoms with Crippen LogP contribution in [0.25, 0.3) is 0 Å². The van der Waals surface area contributed by atoms with Crippen molar-refractivity contribution >= 4 is 36.0 Å². The molecular formula is C19H31IN4O3. The lowest BCUT2D eigenvalue weighted by Gasteiger charge is -2.32. The molecule has 1 heterocycles.